The van der Waals surface area contributed by atoms with Crippen molar-refractivity contribution in [2.45, 2.75) is 33.6 Å². The van der Waals surface area contributed by atoms with Crippen LogP contribution in [0.1, 0.15) is 31.0 Å². The van der Waals surface area contributed by atoms with E-state index in [4.69, 9.17) is 0 Å². The molecule has 0 fully saturated rings. The van der Waals surface area contributed by atoms with E-state index < -0.39 is 0 Å². The number of hydrogen-bond donors (Lipinski definition) is 1. The fourth-order valence-corrected chi connectivity index (χ4v) is 2.00. The molecule has 2 nitrogen and oxygen atoms in total. The lowest BCUT2D eigenvalue weighted by molar-refractivity contribution is 0.539. The summed E-state index contributed by atoms with van der Waals surface area (Å²) < 4.78 is 0. The van der Waals surface area contributed by atoms with Crippen LogP contribution in [0.2, 0.25) is 0 Å². The Hall–Kier alpha value is -0.410. The second-order valence-corrected chi connectivity index (χ2v) is 5.01. The van der Waals surface area contributed by atoms with Crippen LogP contribution >= 0.6 is 11.3 Å². The van der Waals surface area contributed by atoms with Crippen molar-refractivity contribution < 1.29 is 0 Å². The molecule has 0 radical (unpaired) electrons. The van der Waals surface area contributed by atoms with Gasteiger partial charge in [-0.3, -0.25) is 0 Å². The van der Waals surface area contributed by atoms with Crippen molar-refractivity contribution in [3.63, 3.8) is 0 Å². The first-order chi connectivity index (χ1) is 6.68. The summed E-state index contributed by atoms with van der Waals surface area (Å²) in [4.78, 5) is 4.42. The SMILES string of the molecule is Cc1csc(CCNCCC(C)C)n1. The van der Waals surface area contributed by atoms with E-state index in [2.05, 4.69) is 29.5 Å². The van der Waals surface area contributed by atoms with Gasteiger partial charge in [-0.25, -0.2) is 4.98 Å². The first kappa shape index (κ1) is 11.7. The highest BCUT2D eigenvalue weighted by molar-refractivity contribution is 7.09. The molecule has 80 valence electrons. The fourth-order valence-electron chi connectivity index (χ4n) is 1.23. The number of aromatic nitrogens is 1. The molecule has 0 aliphatic carbocycles. The van der Waals surface area contributed by atoms with Crippen molar-refractivity contribution in [1.82, 2.24) is 10.3 Å². The van der Waals surface area contributed by atoms with Crippen molar-refractivity contribution >= 4 is 11.3 Å². The zero-order valence-electron chi connectivity index (χ0n) is 9.34. The average molecular weight is 212 g/mol. The van der Waals surface area contributed by atoms with Crippen molar-refractivity contribution in [2.24, 2.45) is 5.92 Å². The summed E-state index contributed by atoms with van der Waals surface area (Å²) in [5.74, 6) is 0.796. The van der Waals surface area contributed by atoms with Crippen LogP contribution in [0.3, 0.4) is 0 Å². The standard InChI is InChI=1S/C11H20N2S/c1-9(2)4-6-12-7-5-11-13-10(3)8-14-11/h8-9,12H,4-7H2,1-3H3. The highest BCUT2D eigenvalue weighted by atomic mass is 32.1. The molecule has 0 aromatic carbocycles. The molecule has 1 aromatic rings. The molecule has 1 N–H and O–H groups in total. The maximum Gasteiger partial charge on any atom is 0.0940 e. The van der Waals surface area contributed by atoms with E-state index >= 15 is 0 Å². The number of rotatable bonds is 6. The summed E-state index contributed by atoms with van der Waals surface area (Å²) in [5.41, 5.74) is 1.15. The Morgan fingerprint density at radius 3 is 2.79 bits per heavy atom. The smallest absolute Gasteiger partial charge is 0.0940 e. The first-order valence-electron chi connectivity index (χ1n) is 5.30. The Labute approximate surface area is 90.8 Å². The number of nitrogens with one attached hydrogen (secondary N) is 1. The van der Waals surface area contributed by atoms with Gasteiger partial charge in [0.15, 0.2) is 0 Å². The van der Waals surface area contributed by atoms with Gasteiger partial charge in [-0.05, 0) is 25.8 Å². The highest BCUT2D eigenvalue weighted by Crippen LogP contribution is 2.08. The van der Waals surface area contributed by atoms with Crippen molar-refractivity contribution in [3.05, 3.63) is 16.1 Å². The van der Waals surface area contributed by atoms with Gasteiger partial charge in [-0.1, -0.05) is 13.8 Å². The molecule has 1 aromatic heterocycles. The summed E-state index contributed by atoms with van der Waals surface area (Å²) in [6, 6.07) is 0. The fraction of sp³-hybridized carbons (Fsp3) is 0.727. The van der Waals surface area contributed by atoms with Crippen molar-refractivity contribution in [1.29, 1.82) is 0 Å². The Morgan fingerprint density at radius 2 is 2.21 bits per heavy atom. The normalized spacial score (nSPS) is 11.1. The lowest BCUT2D eigenvalue weighted by Gasteiger charge is -2.05. The van der Waals surface area contributed by atoms with Gasteiger partial charge in [-0.15, -0.1) is 11.3 Å². The minimum absolute atomic E-state index is 0.796. The maximum absolute atomic E-state index is 4.42. The molecule has 0 saturated heterocycles. The molecule has 0 spiro atoms. The van der Waals surface area contributed by atoms with Crippen LogP contribution < -0.4 is 5.32 Å². The monoisotopic (exact) mass is 212 g/mol. The maximum atomic E-state index is 4.42. The molecule has 0 aliphatic rings. The number of aryl methyl sites for hydroxylation is 1. The second-order valence-electron chi connectivity index (χ2n) is 4.07. The molecule has 0 amide bonds. The molecule has 3 heteroatoms. The third kappa shape index (κ3) is 4.72. The molecule has 1 rings (SSSR count). The van der Waals surface area contributed by atoms with E-state index in [9.17, 15) is 0 Å². The Kier molecular flexibility index (Phi) is 5.12. The van der Waals surface area contributed by atoms with Gasteiger partial charge >= 0.3 is 0 Å². The zero-order chi connectivity index (χ0) is 10.4. The van der Waals surface area contributed by atoms with Crippen LogP contribution in [0.4, 0.5) is 0 Å². The highest BCUT2D eigenvalue weighted by Gasteiger charge is 1.98. The first-order valence-corrected chi connectivity index (χ1v) is 6.18. The minimum atomic E-state index is 0.796. The number of thiazole rings is 1. The van der Waals surface area contributed by atoms with Crippen LogP contribution in [-0.4, -0.2) is 18.1 Å². The molecule has 0 unspecified atom stereocenters. The van der Waals surface area contributed by atoms with Crippen LogP contribution in [0.25, 0.3) is 0 Å². The lowest BCUT2D eigenvalue weighted by Crippen LogP contribution is -2.19. The Balaban J connectivity index is 2.04. The molecular weight excluding hydrogens is 192 g/mol. The lowest BCUT2D eigenvalue weighted by atomic mass is 10.1. The summed E-state index contributed by atoms with van der Waals surface area (Å²) in [6.45, 7) is 8.74. The Morgan fingerprint density at radius 1 is 1.43 bits per heavy atom. The number of hydrogen-bond acceptors (Lipinski definition) is 3. The van der Waals surface area contributed by atoms with Gasteiger partial charge in [-0.2, -0.15) is 0 Å². The van der Waals surface area contributed by atoms with Crippen LogP contribution in [0.15, 0.2) is 5.38 Å². The zero-order valence-corrected chi connectivity index (χ0v) is 10.2. The van der Waals surface area contributed by atoms with Gasteiger partial charge in [0.05, 0.1) is 5.01 Å². The molecule has 0 atom stereocenters. The molecule has 0 bridgehead atoms. The second kappa shape index (κ2) is 6.14. The largest absolute Gasteiger partial charge is 0.316 e. The molecule has 1 heterocycles. The third-order valence-electron chi connectivity index (χ3n) is 2.08. The van der Waals surface area contributed by atoms with E-state index in [0.29, 0.717) is 0 Å². The van der Waals surface area contributed by atoms with Gasteiger partial charge in [0, 0.05) is 24.0 Å². The topological polar surface area (TPSA) is 24.9 Å². The predicted molar refractivity (Wildman–Crippen MR) is 62.9 cm³/mol. The molecule has 14 heavy (non-hydrogen) atoms. The predicted octanol–water partition coefficient (Wildman–Crippen LogP) is 2.63. The quantitative estimate of drug-likeness (QED) is 0.733. The van der Waals surface area contributed by atoms with Crippen LogP contribution in [0.5, 0.6) is 0 Å². The van der Waals surface area contributed by atoms with E-state index in [-0.39, 0.29) is 0 Å². The van der Waals surface area contributed by atoms with E-state index in [1.165, 1.54) is 11.4 Å². The summed E-state index contributed by atoms with van der Waals surface area (Å²) in [5, 5.41) is 6.81. The summed E-state index contributed by atoms with van der Waals surface area (Å²) in [7, 11) is 0. The van der Waals surface area contributed by atoms with Gasteiger partial charge in [0.2, 0.25) is 0 Å². The average Bonchev–Trinajstić information content (AvgIpc) is 2.50. The van der Waals surface area contributed by atoms with Crippen molar-refractivity contribution in [2.75, 3.05) is 13.1 Å². The molecule has 0 aliphatic heterocycles. The molecular formula is C11H20N2S. The third-order valence-corrected chi connectivity index (χ3v) is 3.11. The molecule has 0 saturated carbocycles. The Bertz CT molecular complexity index is 256. The minimum Gasteiger partial charge on any atom is -0.316 e. The van der Waals surface area contributed by atoms with Crippen molar-refractivity contribution in [3.8, 4) is 0 Å². The summed E-state index contributed by atoms with van der Waals surface area (Å²) >= 11 is 1.76. The van der Waals surface area contributed by atoms with Gasteiger partial charge in [0.1, 0.15) is 0 Å². The van der Waals surface area contributed by atoms with E-state index in [1.54, 1.807) is 11.3 Å². The van der Waals surface area contributed by atoms with Gasteiger partial charge < -0.3 is 5.32 Å². The van der Waals surface area contributed by atoms with Crippen LogP contribution in [0, 0.1) is 12.8 Å². The van der Waals surface area contributed by atoms with E-state index in [1.807, 2.05) is 6.92 Å². The van der Waals surface area contributed by atoms with Gasteiger partial charge in [0.25, 0.3) is 0 Å². The number of nitrogens with zero attached hydrogens (tertiary/aromatic N) is 1. The summed E-state index contributed by atoms with van der Waals surface area (Å²) in [6.07, 6.45) is 2.33. The van der Waals surface area contributed by atoms with E-state index in [0.717, 1.165) is 31.1 Å². The van der Waals surface area contributed by atoms with Crippen LogP contribution in [-0.2, 0) is 6.42 Å².